The van der Waals surface area contributed by atoms with E-state index in [1.54, 1.807) is 11.3 Å². The van der Waals surface area contributed by atoms with Crippen molar-refractivity contribution < 1.29 is 9.90 Å². The summed E-state index contributed by atoms with van der Waals surface area (Å²) in [7, 11) is 0. The average molecular weight is 288 g/mol. The highest BCUT2D eigenvalue weighted by Crippen LogP contribution is 2.36. The molecule has 4 nitrogen and oxygen atoms in total. The smallest absolute Gasteiger partial charge is 0.256 e. The summed E-state index contributed by atoms with van der Waals surface area (Å²) in [5.41, 5.74) is 1.72. The van der Waals surface area contributed by atoms with Crippen molar-refractivity contribution in [1.29, 1.82) is 0 Å². The fourth-order valence-corrected chi connectivity index (χ4v) is 3.72. The Labute approximate surface area is 121 Å². The predicted molar refractivity (Wildman–Crippen MR) is 78.0 cm³/mol. The van der Waals surface area contributed by atoms with E-state index in [1.165, 1.54) is 28.9 Å². The van der Waals surface area contributed by atoms with Crippen molar-refractivity contribution in [3.63, 3.8) is 0 Å². The van der Waals surface area contributed by atoms with E-state index in [-0.39, 0.29) is 17.7 Å². The lowest BCUT2D eigenvalue weighted by molar-refractivity contribution is 0.0656. The summed E-state index contributed by atoms with van der Waals surface area (Å²) >= 11 is 1.77. The fourth-order valence-electron chi connectivity index (χ4n) is 2.79. The number of rotatable bonds is 2. The Kier molecular flexibility index (Phi) is 3.44. The molecule has 0 aliphatic carbocycles. The van der Waals surface area contributed by atoms with E-state index < -0.39 is 0 Å². The van der Waals surface area contributed by atoms with Gasteiger partial charge < -0.3 is 10.0 Å². The Bertz CT molecular complexity index is 638. The van der Waals surface area contributed by atoms with Crippen molar-refractivity contribution in [3.05, 3.63) is 45.9 Å². The summed E-state index contributed by atoms with van der Waals surface area (Å²) < 4.78 is 0. The van der Waals surface area contributed by atoms with Crippen molar-refractivity contribution in [3.8, 4) is 5.75 Å². The Balaban J connectivity index is 1.92. The van der Waals surface area contributed by atoms with Crippen LogP contribution in [0.3, 0.4) is 0 Å². The molecule has 2 aromatic heterocycles. The standard InChI is InChI=1S/C15H16N2O2S/c1-2-13-12-4-6-20-14(12)3-5-17(13)15(19)10-7-11(18)9-16-8-10/h4,6-9,13,18H,2-3,5H2,1H3. The van der Waals surface area contributed by atoms with Gasteiger partial charge in [0.1, 0.15) is 5.75 Å². The third-order valence-electron chi connectivity index (χ3n) is 3.71. The quantitative estimate of drug-likeness (QED) is 0.924. The number of thiophene rings is 1. The summed E-state index contributed by atoms with van der Waals surface area (Å²) in [6.45, 7) is 2.82. The van der Waals surface area contributed by atoms with Gasteiger partial charge in [-0.15, -0.1) is 11.3 Å². The van der Waals surface area contributed by atoms with Crippen molar-refractivity contribution in [2.24, 2.45) is 0 Å². The second-order valence-corrected chi connectivity index (χ2v) is 5.90. The third kappa shape index (κ3) is 2.18. The Morgan fingerprint density at radius 1 is 1.55 bits per heavy atom. The molecule has 20 heavy (non-hydrogen) atoms. The first-order valence-electron chi connectivity index (χ1n) is 6.72. The molecule has 104 valence electrons. The summed E-state index contributed by atoms with van der Waals surface area (Å²) in [4.78, 5) is 19.8. The van der Waals surface area contributed by atoms with Gasteiger partial charge >= 0.3 is 0 Å². The summed E-state index contributed by atoms with van der Waals surface area (Å²) in [6.07, 6.45) is 4.64. The molecule has 0 aromatic carbocycles. The van der Waals surface area contributed by atoms with Gasteiger partial charge in [-0.25, -0.2) is 0 Å². The molecule has 3 heterocycles. The van der Waals surface area contributed by atoms with Crippen molar-refractivity contribution in [1.82, 2.24) is 9.88 Å². The van der Waals surface area contributed by atoms with Gasteiger partial charge in [-0.05, 0) is 35.9 Å². The van der Waals surface area contributed by atoms with E-state index in [0.717, 1.165) is 19.4 Å². The van der Waals surface area contributed by atoms with Crippen LogP contribution in [0.4, 0.5) is 0 Å². The van der Waals surface area contributed by atoms with E-state index in [4.69, 9.17) is 0 Å². The highest BCUT2D eigenvalue weighted by atomic mass is 32.1. The number of pyridine rings is 1. The van der Waals surface area contributed by atoms with E-state index in [0.29, 0.717) is 5.56 Å². The number of amides is 1. The number of nitrogens with zero attached hydrogens (tertiary/aromatic N) is 2. The average Bonchev–Trinajstić information content (AvgIpc) is 2.93. The molecule has 0 spiro atoms. The second kappa shape index (κ2) is 5.25. The molecule has 0 saturated carbocycles. The first-order chi connectivity index (χ1) is 9.70. The van der Waals surface area contributed by atoms with E-state index in [1.807, 2.05) is 4.90 Å². The van der Waals surface area contributed by atoms with Gasteiger partial charge in [0.25, 0.3) is 5.91 Å². The zero-order chi connectivity index (χ0) is 14.1. The SMILES string of the molecule is CCC1c2ccsc2CCN1C(=O)c1cncc(O)c1. The lowest BCUT2D eigenvalue weighted by atomic mass is 9.97. The number of carbonyl (C=O) groups is 1. The van der Waals surface area contributed by atoms with Crippen molar-refractivity contribution >= 4 is 17.2 Å². The van der Waals surface area contributed by atoms with Gasteiger partial charge in [0.15, 0.2) is 0 Å². The molecule has 3 rings (SSSR count). The van der Waals surface area contributed by atoms with Gasteiger partial charge in [0.05, 0.1) is 17.8 Å². The Morgan fingerprint density at radius 2 is 2.40 bits per heavy atom. The first kappa shape index (κ1) is 13.1. The normalized spacial score (nSPS) is 17.9. The first-order valence-corrected chi connectivity index (χ1v) is 7.60. The zero-order valence-electron chi connectivity index (χ0n) is 11.2. The molecule has 1 unspecified atom stereocenters. The molecule has 0 fully saturated rings. The summed E-state index contributed by atoms with van der Waals surface area (Å²) in [5, 5.41) is 11.6. The van der Waals surface area contributed by atoms with Gasteiger partial charge in [-0.1, -0.05) is 6.92 Å². The van der Waals surface area contributed by atoms with Crippen LogP contribution >= 0.6 is 11.3 Å². The van der Waals surface area contributed by atoms with Gasteiger partial charge in [-0.2, -0.15) is 0 Å². The minimum Gasteiger partial charge on any atom is -0.506 e. The Hall–Kier alpha value is -1.88. The third-order valence-corrected chi connectivity index (χ3v) is 4.71. The minimum absolute atomic E-state index is 0.0251. The molecule has 5 heteroatoms. The van der Waals surface area contributed by atoms with Crippen LogP contribution in [0.5, 0.6) is 5.75 Å². The lowest BCUT2D eigenvalue weighted by Gasteiger charge is -2.35. The van der Waals surface area contributed by atoms with Crippen LogP contribution in [-0.4, -0.2) is 27.4 Å². The molecule has 1 amide bonds. The number of carbonyl (C=O) groups excluding carboxylic acids is 1. The topological polar surface area (TPSA) is 53.4 Å². The molecule has 1 N–H and O–H groups in total. The molecule has 1 aliphatic rings. The fraction of sp³-hybridized carbons (Fsp3) is 0.333. The number of hydrogen-bond acceptors (Lipinski definition) is 4. The molecule has 0 radical (unpaired) electrons. The van der Waals surface area contributed by atoms with E-state index >= 15 is 0 Å². The predicted octanol–water partition coefficient (Wildman–Crippen LogP) is 3.00. The maximum Gasteiger partial charge on any atom is 0.256 e. The molecule has 2 aromatic rings. The largest absolute Gasteiger partial charge is 0.506 e. The summed E-state index contributed by atoms with van der Waals surface area (Å²) in [6, 6.07) is 3.72. The highest BCUT2D eigenvalue weighted by molar-refractivity contribution is 7.10. The van der Waals surface area contributed by atoms with Crippen LogP contribution in [0.1, 0.15) is 40.2 Å². The van der Waals surface area contributed by atoms with Crippen LogP contribution in [-0.2, 0) is 6.42 Å². The second-order valence-electron chi connectivity index (χ2n) is 4.90. The van der Waals surface area contributed by atoms with Crippen molar-refractivity contribution in [2.45, 2.75) is 25.8 Å². The van der Waals surface area contributed by atoms with Gasteiger partial charge in [0, 0.05) is 17.6 Å². The van der Waals surface area contributed by atoms with E-state index in [2.05, 4.69) is 23.4 Å². The summed E-state index contributed by atoms with van der Waals surface area (Å²) in [5.74, 6) is -0.0331. The number of fused-ring (bicyclic) bond motifs is 1. The van der Waals surface area contributed by atoms with Gasteiger partial charge in [0.2, 0.25) is 0 Å². The van der Waals surface area contributed by atoms with Crippen LogP contribution in [0, 0.1) is 0 Å². The molecule has 1 atom stereocenters. The Morgan fingerprint density at radius 3 is 3.15 bits per heavy atom. The number of hydrogen-bond donors (Lipinski definition) is 1. The molecular weight excluding hydrogens is 272 g/mol. The van der Waals surface area contributed by atoms with E-state index in [9.17, 15) is 9.90 Å². The lowest BCUT2D eigenvalue weighted by Crippen LogP contribution is -2.39. The van der Waals surface area contributed by atoms with Gasteiger partial charge in [-0.3, -0.25) is 9.78 Å². The zero-order valence-corrected chi connectivity index (χ0v) is 12.1. The maximum atomic E-state index is 12.6. The molecular formula is C15H16N2O2S. The van der Waals surface area contributed by atoms with Crippen LogP contribution < -0.4 is 0 Å². The molecule has 1 aliphatic heterocycles. The number of aromatic nitrogens is 1. The van der Waals surface area contributed by atoms with Crippen LogP contribution in [0.25, 0.3) is 0 Å². The van der Waals surface area contributed by atoms with Crippen LogP contribution in [0.15, 0.2) is 29.9 Å². The highest BCUT2D eigenvalue weighted by Gasteiger charge is 2.31. The maximum absolute atomic E-state index is 12.6. The molecule has 0 saturated heterocycles. The molecule has 0 bridgehead atoms. The van der Waals surface area contributed by atoms with Crippen LogP contribution in [0.2, 0.25) is 0 Å². The minimum atomic E-state index is -0.0582. The van der Waals surface area contributed by atoms with Crippen molar-refractivity contribution in [2.75, 3.05) is 6.54 Å². The number of aromatic hydroxyl groups is 1. The monoisotopic (exact) mass is 288 g/mol.